The fraction of sp³-hybridized carbons (Fsp3) is 0.688. The monoisotopic (exact) mass is 308 g/mol. The van der Waals surface area contributed by atoms with Crippen LogP contribution in [0.15, 0.2) is 17.5 Å². The van der Waals surface area contributed by atoms with E-state index in [9.17, 15) is 4.79 Å². The second-order valence-electron chi connectivity index (χ2n) is 6.05. The Labute approximate surface area is 130 Å². The van der Waals surface area contributed by atoms with Gasteiger partial charge in [0.1, 0.15) is 6.17 Å². The molecule has 0 bridgehead atoms. The molecular formula is C16H24N2O2S. The average Bonchev–Trinajstić information content (AvgIpc) is 3.21. The van der Waals surface area contributed by atoms with Crippen molar-refractivity contribution in [3.8, 4) is 0 Å². The third-order valence-corrected chi connectivity index (χ3v) is 5.59. The lowest BCUT2D eigenvalue weighted by Gasteiger charge is -2.23. The summed E-state index contributed by atoms with van der Waals surface area (Å²) in [4.78, 5) is 16.2. The quantitative estimate of drug-likeness (QED) is 0.822. The van der Waals surface area contributed by atoms with Crippen molar-refractivity contribution in [3.63, 3.8) is 0 Å². The van der Waals surface area contributed by atoms with Gasteiger partial charge in [0.2, 0.25) is 5.91 Å². The molecule has 1 aliphatic carbocycles. The summed E-state index contributed by atoms with van der Waals surface area (Å²) in [7, 11) is 1.73. The standard InChI is InChI=1S/C16H24N2O2S/c1-20-11-5-4-10-18-14(13-7-6-12-21-13)17-16(15(18)19)8-2-3-9-16/h6-7,12,14,17H,2-5,8-11H2,1H3. The molecule has 1 unspecified atom stereocenters. The van der Waals surface area contributed by atoms with E-state index in [0.717, 1.165) is 51.7 Å². The number of carbonyl (C=O) groups is 1. The Bertz CT molecular complexity index is 469. The topological polar surface area (TPSA) is 41.6 Å². The number of hydrogen-bond donors (Lipinski definition) is 1. The molecule has 2 fully saturated rings. The largest absolute Gasteiger partial charge is 0.385 e. The van der Waals surface area contributed by atoms with Gasteiger partial charge < -0.3 is 9.64 Å². The van der Waals surface area contributed by atoms with E-state index in [0.29, 0.717) is 5.91 Å². The molecule has 1 N–H and O–H groups in total. The van der Waals surface area contributed by atoms with Crippen LogP contribution in [-0.4, -0.2) is 36.6 Å². The second kappa shape index (κ2) is 6.46. The van der Waals surface area contributed by atoms with Gasteiger partial charge in [-0.3, -0.25) is 10.1 Å². The number of methoxy groups -OCH3 is 1. The molecule has 2 heterocycles. The lowest BCUT2D eigenvalue weighted by Crippen LogP contribution is -2.44. The molecule has 1 aromatic rings. The van der Waals surface area contributed by atoms with Crippen LogP contribution in [0.2, 0.25) is 0 Å². The highest BCUT2D eigenvalue weighted by atomic mass is 32.1. The first-order chi connectivity index (χ1) is 10.3. The third kappa shape index (κ3) is 2.87. The van der Waals surface area contributed by atoms with Gasteiger partial charge in [-0.25, -0.2) is 0 Å². The summed E-state index contributed by atoms with van der Waals surface area (Å²) in [5.74, 6) is 0.316. The van der Waals surface area contributed by atoms with Crippen LogP contribution in [0.5, 0.6) is 0 Å². The van der Waals surface area contributed by atoms with Gasteiger partial charge in [0.25, 0.3) is 0 Å². The number of nitrogens with zero attached hydrogens (tertiary/aromatic N) is 1. The van der Waals surface area contributed by atoms with E-state index < -0.39 is 0 Å². The molecule has 0 aromatic carbocycles. The van der Waals surface area contributed by atoms with E-state index in [1.54, 1.807) is 18.4 Å². The summed E-state index contributed by atoms with van der Waals surface area (Å²) in [6.07, 6.45) is 6.37. The summed E-state index contributed by atoms with van der Waals surface area (Å²) < 4.78 is 5.11. The van der Waals surface area contributed by atoms with Crippen molar-refractivity contribution in [3.05, 3.63) is 22.4 Å². The van der Waals surface area contributed by atoms with E-state index in [1.165, 1.54) is 4.88 Å². The lowest BCUT2D eigenvalue weighted by atomic mass is 9.98. The SMILES string of the molecule is COCCCCN1C(=O)C2(CCCC2)NC1c1cccs1. The van der Waals surface area contributed by atoms with Crippen LogP contribution in [0, 0.1) is 0 Å². The zero-order valence-electron chi connectivity index (χ0n) is 12.6. The highest BCUT2D eigenvalue weighted by Gasteiger charge is 2.52. The van der Waals surface area contributed by atoms with Gasteiger partial charge in [-0.1, -0.05) is 18.9 Å². The van der Waals surface area contributed by atoms with Crippen molar-refractivity contribution in [2.45, 2.75) is 50.2 Å². The minimum atomic E-state index is -0.282. The molecule has 3 rings (SSSR count). The van der Waals surface area contributed by atoms with E-state index in [4.69, 9.17) is 4.74 Å². The van der Waals surface area contributed by atoms with E-state index in [2.05, 4.69) is 27.7 Å². The maximum absolute atomic E-state index is 12.9. The van der Waals surface area contributed by atoms with Gasteiger partial charge in [0, 0.05) is 25.1 Å². The molecule has 1 amide bonds. The fourth-order valence-corrected chi connectivity index (χ4v) is 4.35. The summed E-state index contributed by atoms with van der Waals surface area (Å²) in [5, 5.41) is 5.75. The molecule has 5 heteroatoms. The van der Waals surface area contributed by atoms with Crippen molar-refractivity contribution < 1.29 is 9.53 Å². The molecular weight excluding hydrogens is 284 g/mol. The maximum atomic E-state index is 12.9. The molecule has 1 atom stereocenters. The highest BCUT2D eigenvalue weighted by molar-refractivity contribution is 7.10. The minimum absolute atomic E-state index is 0.0677. The van der Waals surface area contributed by atoms with Crippen molar-refractivity contribution in [2.75, 3.05) is 20.3 Å². The molecule has 1 saturated heterocycles. The van der Waals surface area contributed by atoms with E-state index >= 15 is 0 Å². The third-order valence-electron chi connectivity index (χ3n) is 4.66. The number of hydrogen-bond acceptors (Lipinski definition) is 4. The molecule has 1 aliphatic heterocycles. The highest BCUT2D eigenvalue weighted by Crippen LogP contribution is 2.41. The Morgan fingerprint density at radius 1 is 1.43 bits per heavy atom. The van der Waals surface area contributed by atoms with Gasteiger partial charge in [-0.2, -0.15) is 0 Å². The van der Waals surface area contributed by atoms with Crippen molar-refractivity contribution >= 4 is 17.2 Å². The first-order valence-electron chi connectivity index (χ1n) is 7.88. The first-order valence-corrected chi connectivity index (χ1v) is 8.76. The molecule has 0 radical (unpaired) electrons. The second-order valence-corrected chi connectivity index (χ2v) is 7.03. The number of nitrogens with one attached hydrogen (secondary N) is 1. The molecule has 4 nitrogen and oxygen atoms in total. The van der Waals surface area contributed by atoms with Crippen LogP contribution in [0.3, 0.4) is 0 Å². The van der Waals surface area contributed by atoms with Gasteiger partial charge >= 0.3 is 0 Å². The van der Waals surface area contributed by atoms with Crippen molar-refractivity contribution in [1.82, 2.24) is 10.2 Å². The Balaban J connectivity index is 1.74. The summed E-state index contributed by atoms with van der Waals surface area (Å²) >= 11 is 1.73. The van der Waals surface area contributed by atoms with Crippen LogP contribution in [-0.2, 0) is 9.53 Å². The maximum Gasteiger partial charge on any atom is 0.244 e. The van der Waals surface area contributed by atoms with Crippen molar-refractivity contribution in [2.24, 2.45) is 0 Å². The smallest absolute Gasteiger partial charge is 0.244 e. The first kappa shape index (κ1) is 15.0. The lowest BCUT2D eigenvalue weighted by molar-refractivity contribution is -0.133. The van der Waals surface area contributed by atoms with Crippen LogP contribution in [0.1, 0.15) is 49.6 Å². The molecule has 1 aromatic heterocycles. The van der Waals surface area contributed by atoms with Crippen LogP contribution in [0.25, 0.3) is 0 Å². The van der Waals surface area contributed by atoms with Gasteiger partial charge in [-0.15, -0.1) is 11.3 Å². The number of unbranched alkanes of at least 4 members (excludes halogenated alkanes) is 1. The average molecular weight is 308 g/mol. The van der Waals surface area contributed by atoms with Gasteiger partial charge in [0.15, 0.2) is 0 Å². The molecule has 21 heavy (non-hydrogen) atoms. The number of amides is 1. The van der Waals surface area contributed by atoms with Crippen LogP contribution in [0.4, 0.5) is 0 Å². The fourth-order valence-electron chi connectivity index (χ4n) is 3.56. The zero-order valence-corrected chi connectivity index (χ0v) is 13.5. The molecule has 1 saturated carbocycles. The molecule has 2 aliphatic rings. The summed E-state index contributed by atoms with van der Waals surface area (Å²) in [5.41, 5.74) is -0.282. The number of rotatable bonds is 6. The van der Waals surface area contributed by atoms with E-state index in [-0.39, 0.29) is 11.7 Å². The Morgan fingerprint density at radius 2 is 2.24 bits per heavy atom. The number of ether oxygens (including phenoxy) is 1. The number of carbonyl (C=O) groups excluding carboxylic acids is 1. The summed E-state index contributed by atoms with van der Waals surface area (Å²) in [6.45, 7) is 1.59. The van der Waals surface area contributed by atoms with Gasteiger partial charge in [-0.05, 0) is 37.1 Å². The molecule has 1 spiro atoms. The van der Waals surface area contributed by atoms with Crippen molar-refractivity contribution in [1.29, 1.82) is 0 Å². The normalized spacial score (nSPS) is 24.3. The van der Waals surface area contributed by atoms with Crippen LogP contribution >= 0.6 is 11.3 Å². The number of thiophene rings is 1. The molecule has 116 valence electrons. The zero-order chi connectivity index (χ0) is 14.7. The Kier molecular flexibility index (Phi) is 4.62. The predicted molar refractivity (Wildman–Crippen MR) is 84.2 cm³/mol. The minimum Gasteiger partial charge on any atom is -0.385 e. The Morgan fingerprint density at radius 3 is 2.90 bits per heavy atom. The van der Waals surface area contributed by atoms with E-state index in [1.807, 2.05) is 0 Å². The predicted octanol–water partition coefficient (Wildman–Crippen LogP) is 2.92. The summed E-state index contributed by atoms with van der Waals surface area (Å²) in [6, 6.07) is 4.20. The van der Waals surface area contributed by atoms with Gasteiger partial charge in [0.05, 0.1) is 5.54 Å². The van der Waals surface area contributed by atoms with Crippen LogP contribution < -0.4 is 5.32 Å². The Hall–Kier alpha value is -0.910.